The Bertz CT molecular complexity index is 1390. The number of carbonyl (C=O) groups excluding carboxylic acids is 5. The van der Waals surface area contributed by atoms with E-state index in [4.69, 9.17) is 14.2 Å². The van der Waals surface area contributed by atoms with E-state index in [0.717, 1.165) is 30.4 Å². The second-order valence-corrected chi connectivity index (χ2v) is 15.6. The van der Waals surface area contributed by atoms with Crippen LogP contribution in [0.1, 0.15) is 92.2 Å². The minimum Gasteiger partial charge on any atom is -0.445 e. The molecule has 0 aliphatic carbocycles. The van der Waals surface area contributed by atoms with Crippen LogP contribution in [-0.2, 0) is 40.0 Å². The molecule has 1 saturated heterocycles. The molecule has 1 fully saturated rings. The Morgan fingerprint density at radius 3 is 2.06 bits per heavy atom. The zero-order valence-electron chi connectivity index (χ0n) is 34.6. The van der Waals surface area contributed by atoms with Crippen LogP contribution in [0.3, 0.4) is 0 Å². The predicted octanol–water partition coefficient (Wildman–Crippen LogP) is 6.49. The maximum atomic E-state index is 14.3. The summed E-state index contributed by atoms with van der Waals surface area (Å²) in [6.07, 6.45) is 3.82. The Morgan fingerprint density at radius 1 is 0.925 bits per heavy atom. The molecular weight excluding hydrogens is 674 g/mol. The zero-order valence-corrected chi connectivity index (χ0v) is 34.6. The average Bonchev–Trinajstić information content (AvgIpc) is 3.60. The molecule has 53 heavy (non-hydrogen) atoms. The third-order valence-corrected chi connectivity index (χ3v) is 11.1. The summed E-state index contributed by atoms with van der Waals surface area (Å²) < 4.78 is 17.3. The van der Waals surface area contributed by atoms with Gasteiger partial charge in [0.2, 0.25) is 11.8 Å². The number of ketones is 2. The Hall–Kier alpha value is -3.57. The van der Waals surface area contributed by atoms with Crippen molar-refractivity contribution in [1.82, 2.24) is 14.7 Å². The van der Waals surface area contributed by atoms with Crippen molar-refractivity contribution in [1.29, 1.82) is 0 Å². The van der Waals surface area contributed by atoms with Gasteiger partial charge in [0, 0.05) is 40.8 Å². The fraction of sp³-hybridized carbons (Fsp3) is 0.690. The van der Waals surface area contributed by atoms with Gasteiger partial charge in [0.15, 0.2) is 5.78 Å². The molecule has 11 heteroatoms. The summed E-state index contributed by atoms with van der Waals surface area (Å²) >= 11 is 0. The monoisotopic (exact) mass is 741 g/mol. The molecule has 0 bridgehead atoms. The van der Waals surface area contributed by atoms with Crippen LogP contribution in [0.2, 0.25) is 0 Å². The second kappa shape index (κ2) is 21.4. The van der Waals surface area contributed by atoms with Crippen molar-refractivity contribution in [2.75, 3.05) is 34.9 Å². The fourth-order valence-corrected chi connectivity index (χ4v) is 7.52. The van der Waals surface area contributed by atoms with Crippen LogP contribution in [-0.4, -0.2) is 109 Å². The van der Waals surface area contributed by atoms with Crippen molar-refractivity contribution in [2.45, 2.75) is 125 Å². The first-order chi connectivity index (χ1) is 24.9. The van der Waals surface area contributed by atoms with E-state index in [1.165, 1.54) is 11.0 Å². The van der Waals surface area contributed by atoms with Crippen LogP contribution in [0.5, 0.6) is 0 Å². The summed E-state index contributed by atoms with van der Waals surface area (Å²) in [5, 5.41) is 0. The molecular formula is C42H67N3O8. The molecule has 0 N–H and O–H groups in total. The predicted molar refractivity (Wildman–Crippen MR) is 207 cm³/mol. The lowest BCUT2D eigenvalue weighted by Crippen LogP contribution is -2.53. The van der Waals surface area contributed by atoms with Crippen LogP contribution in [0.4, 0.5) is 4.79 Å². The van der Waals surface area contributed by atoms with Crippen molar-refractivity contribution in [3.8, 4) is 0 Å². The lowest BCUT2D eigenvalue weighted by atomic mass is 9.87. The second-order valence-electron chi connectivity index (χ2n) is 15.6. The highest BCUT2D eigenvalue weighted by Gasteiger charge is 2.42. The number of amides is 3. The Balaban J connectivity index is 2.27. The number of likely N-dealkylation sites (N-methyl/N-ethyl adjacent to an activating group) is 2. The van der Waals surface area contributed by atoms with E-state index < -0.39 is 36.3 Å². The van der Waals surface area contributed by atoms with Crippen LogP contribution in [0, 0.1) is 36.5 Å². The molecule has 298 valence electrons. The summed E-state index contributed by atoms with van der Waals surface area (Å²) in [5.41, 5.74) is 1.95. The number of benzene rings is 1. The van der Waals surface area contributed by atoms with Gasteiger partial charge < -0.3 is 28.9 Å². The molecule has 11 nitrogen and oxygen atoms in total. The molecule has 1 aromatic rings. The van der Waals surface area contributed by atoms with Crippen LogP contribution in [0.25, 0.3) is 0 Å². The lowest BCUT2D eigenvalue weighted by molar-refractivity contribution is -0.147. The summed E-state index contributed by atoms with van der Waals surface area (Å²) in [5.74, 6) is -1.95. The van der Waals surface area contributed by atoms with Gasteiger partial charge in [-0.2, -0.15) is 0 Å². The Labute approximate surface area is 318 Å². The van der Waals surface area contributed by atoms with Gasteiger partial charge in [-0.25, -0.2) is 4.79 Å². The minimum atomic E-state index is -0.792. The van der Waals surface area contributed by atoms with E-state index in [9.17, 15) is 24.0 Å². The number of hydrogen-bond donors (Lipinski definition) is 0. The van der Waals surface area contributed by atoms with Gasteiger partial charge in [-0.05, 0) is 56.1 Å². The van der Waals surface area contributed by atoms with E-state index >= 15 is 0 Å². The smallest absolute Gasteiger partial charge is 0.410 e. The highest BCUT2D eigenvalue weighted by Crippen LogP contribution is 2.30. The number of carbonyl (C=O) groups is 5. The van der Waals surface area contributed by atoms with Gasteiger partial charge in [0.25, 0.3) is 0 Å². The highest BCUT2D eigenvalue weighted by molar-refractivity contribution is 5.97. The van der Waals surface area contributed by atoms with E-state index in [2.05, 4.69) is 0 Å². The minimum absolute atomic E-state index is 0.0103. The molecule has 1 aliphatic heterocycles. The standard InChI is InChI=1S/C42H67N3O8/c1-14-29(7)39(36(51-12)24-37(48)45-23-15-16-34(45)40(52-13)30(8)31(9)46)43(10)41(49)33(26(2)3)21-22-35(47)38(27(4)5)44(11)42(50)53-25-32-19-17-28(6)18-20-32/h17-22,26-27,29-30,33-34,36,38-40H,14-16,23-25H2,1-13H3/b22-21+/t29?,30-,33-,34-,36+,38-,39-,40?/m0/s1. The molecule has 8 atom stereocenters. The number of rotatable bonds is 20. The fourth-order valence-electron chi connectivity index (χ4n) is 7.52. The molecule has 1 aliphatic rings. The maximum Gasteiger partial charge on any atom is 0.410 e. The van der Waals surface area contributed by atoms with Gasteiger partial charge in [-0.1, -0.05) is 90.8 Å². The molecule has 3 amide bonds. The van der Waals surface area contributed by atoms with E-state index in [1.807, 2.05) is 84.6 Å². The number of ether oxygens (including phenoxy) is 3. The van der Waals surface area contributed by atoms with E-state index in [0.29, 0.717) is 6.54 Å². The highest BCUT2D eigenvalue weighted by atomic mass is 16.6. The molecule has 2 rings (SSSR count). The number of Topliss-reactive ketones (excluding diaryl/α,β-unsaturated/α-hetero) is 1. The molecule has 0 saturated carbocycles. The number of likely N-dealkylation sites (tertiary alicyclic amines) is 1. The summed E-state index contributed by atoms with van der Waals surface area (Å²) in [6.45, 7) is 17.7. The SMILES string of the molecule is CCC(C)[C@@H]([C@@H](CC(=O)N1CCC[C@H]1C(OC)[C@@H](C)C(C)=O)OC)N(C)C(=O)[C@@H](/C=C/C(=O)[C@H](C(C)C)N(C)C(=O)OCc1ccc(C)cc1)C(C)C. The van der Waals surface area contributed by atoms with E-state index in [1.54, 1.807) is 46.2 Å². The normalized spacial score (nSPS) is 18.7. The quantitative estimate of drug-likeness (QED) is 0.139. The Kier molecular flexibility index (Phi) is 18.4. The van der Waals surface area contributed by atoms with Gasteiger partial charge in [-0.3, -0.25) is 19.2 Å². The van der Waals surface area contributed by atoms with E-state index in [-0.39, 0.29) is 66.1 Å². The Morgan fingerprint density at radius 2 is 1.55 bits per heavy atom. The van der Waals surface area contributed by atoms with Gasteiger partial charge >= 0.3 is 6.09 Å². The zero-order chi connectivity index (χ0) is 40.2. The summed E-state index contributed by atoms with van der Waals surface area (Å²) in [7, 11) is 6.44. The van der Waals surface area contributed by atoms with Crippen LogP contribution >= 0.6 is 0 Å². The largest absolute Gasteiger partial charge is 0.445 e. The maximum absolute atomic E-state index is 14.3. The number of nitrogens with zero attached hydrogens (tertiary/aromatic N) is 3. The van der Waals surface area contributed by atoms with Crippen LogP contribution < -0.4 is 0 Å². The summed E-state index contributed by atoms with van der Waals surface area (Å²) in [6, 6.07) is 6.25. The van der Waals surface area contributed by atoms with Gasteiger partial charge in [0.1, 0.15) is 12.4 Å². The molecule has 0 aromatic heterocycles. The first-order valence-corrected chi connectivity index (χ1v) is 19.2. The van der Waals surface area contributed by atoms with Gasteiger partial charge in [0.05, 0.1) is 42.7 Å². The summed E-state index contributed by atoms with van der Waals surface area (Å²) in [4.78, 5) is 72.0. The van der Waals surface area contributed by atoms with Gasteiger partial charge in [-0.15, -0.1) is 0 Å². The van der Waals surface area contributed by atoms with Crippen molar-refractivity contribution in [3.05, 3.63) is 47.5 Å². The molecule has 2 unspecified atom stereocenters. The van der Waals surface area contributed by atoms with Crippen molar-refractivity contribution in [2.24, 2.45) is 29.6 Å². The number of aryl methyl sites for hydroxylation is 1. The third-order valence-electron chi connectivity index (χ3n) is 11.1. The first-order valence-electron chi connectivity index (χ1n) is 19.2. The molecule has 1 heterocycles. The molecule has 0 radical (unpaired) electrons. The third kappa shape index (κ3) is 12.2. The van der Waals surface area contributed by atoms with Crippen molar-refractivity contribution < 1.29 is 38.2 Å². The number of methoxy groups -OCH3 is 2. The van der Waals surface area contributed by atoms with Crippen LogP contribution in [0.15, 0.2) is 36.4 Å². The molecule has 0 spiro atoms. The topological polar surface area (TPSA) is 123 Å². The lowest BCUT2D eigenvalue weighted by Gasteiger charge is -2.40. The van der Waals surface area contributed by atoms with Crippen molar-refractivity contribution >= 4 is 29.5 Å². The van der Waals surface area contributed by atoms with Crippen molar-refractivity contribution in [3.63, 3.8) is 0 Å². The first kappa shape index (κ1) is 45.6. The number of hydrogen-bond acceptors (Lipinski definition) is 8. The average molecular weight is 742 g/mol. The molecule has 1 aromatic carbocycles.